The van der Waals surface area contributed by atoms with Crippen molar-refractivity contribution in [3.05, 3.63) is 71.9 Å². The quantitative estimate of drug-likeness (QED) is 0.556. The number of benzene rings is 2. The fourth-order valence-electron chi connectivity index (χ4n) is 2.88. The molecule has 2 heterocycles. The minimum absolute atomic E-state index is 0.0530. The monoisotopic (exact) mass is 484 g/mol. The van der Waals surface area contributed by atoms with Gasteiger partial charge in [0.05, 0.1) is 22.2 Å². The van der Waals surface area contributed by atoms with Crippen molar-refractivity contribution in [2.45, 2.75) is 6.18 Å². The SMILES string of the molecule is O=C1N=c2ccc(Br)cc2=C1c1sc(=S)n(-c2cccc(C(F)(F)F)c2)c1O. The predicted octanol–water partition coefficient (Wildman–Crippen LogP) is 4.11. The van der Waals surface area contributed by atoms with E-state index in [1.54, 1.807) is 18.2 Å². The lowest BCUT2D eigenvalue weighted by atomic mass is 10.1. The van der Waals surface area contributed by atoms with Gasteiger partial charge in [-0.15, -0.1) is 11.3 Å². The molecule has 0 atom stereocenters. The number of aromatic nitrogens is 1. The van der Waals surface area contributed by atoms with E-state index in [0.29, 0.717) is 15.0 Å². The molecule has 0 fully saturated rings. The van der Waals surface area contributed by atoms with Crippen molar-refractivity contribution in [3.63, 3.8) is 0 Å². The number of hydrogen-bond donors (Lipinski definition) is 1. The van der Waals surface area contributed by atoms with Crippen LogP contribution in [0.2, 0.25) is 0 Å². The first-order chi connectivity index (χ1) is 13.2. The topological polar surface area (TPSA) is 54.6 Å². The second kappa shape index (κ2) is 6.64. The second-order valence-corrected chi connectivity index (χ2v) is 8.42. The molecule has 1 amide bonds. The normalized spacial score (nSPS) is 13.6. The number of nitrogens with zero attached hydrogens (tertiary/aromatic N) is 2. The Morgan fingerprint density at radius 2 is 1.93 bits per heavy atom. The van der Waals surface area contributed by atoms with Gasteiger partial charge in [-0.25, -0.2) is 4.99 Å². The van der Waals surface area contributed by atoms with Crippen LogP contribution in [0.4, 0.5) is 13.2 Å². The molecule has 0 unspecified atom stereocenters. The maximum atomic E-state index is 13.0. The number of rotatable bonds is 2. The average Bonchev–Trinajstić information content (AvgIpc) is 3.09. The molecule has 3 aromatic rings. The van der Waals surface area contributed by atoms with Crippen LogP contribution in [0.15, 0.2) is 51.9 Å². The summed E-state index contributed by atoms with van der Waals surface area (Å²) in [6.07, 6.45) is -4.53. The molecule has 1 N–H and O–H groups in total. The number of amides is 1. The summed E-state index contributed by atoms with van der Waals surface area (Å²) >= 11 is 9.51. The van der Waals surface area contributed by atoms with Crippen LogP contribution in [0.5, 0.6) is 5.88 Å². The molecule has 0 aliphatic carbocycles. The third-order valence-corrected chi connectivity index (χ3v) is 5.98. The van der Waals surface area contributed by atoms with Crippen LogP contribution in [0, 0.1) is 3.95 Å². The Hall–Kier alpha value is -2.30. The van der Waals surface area contributed by atoms with Crippen molar-refractivity contribution >= 4 is 51.0 Å². The molecule has 142 valence electrons. The summed E-state index contributed by atoms with van der Waals surface area (Å²) in [6, 6.07) is 9.53. The predicted molar refractivity (Wildman–Crippen MR) is 104 cm³/mol. The van der Waals surface area contributed by atoms with Crippen LogP contribution in [0.3, 0.4) is 0 Å². The summed E-state index contributed by atoms with van der Waals surface area (Å²) in [6.45, 7) is 0. The van der Waals surface area contributed by atoms with Gasteiger partial charge in [-0.3, -0.25) is 9.36 Å². The van der Waals surface area contributed by atoms with Gasteiger partial charge in [-0.1, -0.05) is 22.0 Å². The van der Waals surface area contributed by atoms with E-state index in [0.717, 1.165) is 28.0 Å². The molecule has 1 aliphatic rings. The van der Waals surface area contributed by atoms with Gasteiger partial charge in [0.1, 0.15) is 4.88 Å². The Balaban J connectivity index is 1.96. The number of halogens is 4. The maximum absolute atomic E-state index is 13.0. The molecule has 0 saturated heterocycles. The summed E-state index contributed by atoms with van der Waals surface area (Å²) in [5, 5.41) is 11.7. The summed E-state index contributed by atoms with van der Waals surface area (Å²) < 4.78 is 41.0. The first-order valence-corrected chi connectivity index (χ1v) is 9.74. The molecule has 0 bridgehead atoms. The van der Waals surface area contributed by atoms with E-state index in [4.69, 9.17) is 12.2 Å². The zero-order valence-electron chi connectivity index (χ0n) is 13.6. The van der Waals surface area contributed by atoms with E-state index >= 15 is 0 Å². The lowest BCUT2D eigenvalue weighted by molar-refractivity contribution is -0.137. The van der Waals surface area contributed by atoms with Crippen LogP contribution in [0.25, 0.3) is 11.3 Å². The van der Waals surface area contributed by atoms with Gasteiger partial charge >= 0.3 is 6.18 Å². The molecule has 0 spiro atoms. The highest BCUT2D eigenvalue weighted by Gasteiger charge is 2.31. The molecule has 4 rings (SSSR count). The molecular formula is C18H8BrF3N2O2S2. The highest BCUT2D eigenvalue weighted by atomic mass is 79.9. The van der Waals surface area contributed by atoms with Crippen molar-refractivity contribution < 1.29 is 23.1 Å². The summed E-state index contributed by atoms with van der Waals surface area (Å²) in [5.74, 6) is -0.948. The maximum Gasteiger partial charge on any atom is 0.416 e. The average molecular weight is 485 g/mol. The van der Waals surface area contributed by atoms with Gasteiger partial charge in [-0.05, 0) is 48.6 Å². The van der Waals surface area contributed by atoms with E-state index in [9.17, 15) is 23.1 Å². The number of fused-ring (bicyclic) bond motifs is 1. The van der Waals surface area contributed by atoms with E-state index in [1.165, 1.54) is 12.1 Å². The molecule has 4 nitrogen and oxygen atoms in total. The van der Waals surface area contributed by atoms with Gasteiger partial charge in [0.15, 0.2) is 3.95 Å². The number of aromatic hydroxyl groups is 1. The molecule has 0 saturated carbocycles. The second-order valence-electron chi connectivity index (χ2n) is 5.86. The molecule has 28 heavy (non-hydrogen) atoms. The number of carbonyl (C=O) groups is 1. The minimum Gasteiger partial charge on any atom is -0.493 e. The summed E-state index contributed by atoms with van der Waals surface area (Å²) in [5.41, 5.74) is -0.652. The Labute approximate surface area is 173 Å². The van der Waals surface area contributed by atoms with Crippen LogP contribution < -0.4 is 10.6 Å². The molecule has 10 heteroatoms. The highest BCUT2D eigenvalue weighted by Crippen LogP contribution is 2.36. The Bertz CT molecular complexity index is 1330. The number of thiazole rings is 1. The van der Waals surface area contributed by atoms with Gasteiger partial charge in [-0.2, -0.15) is 13.2 Å². The Morgan fingerprint density at radius 3 is 2.64 bits per heavy atom. The highest BCUT2D eigenvalue weighted by molar-refractivity contribution is 9.10. The first-order valence-electron chi connectivity index (χ1n) is 7.72. The van der Waals surface area contributed by atoms with Gasteiger partial charge < -0.3 is 5.11 Å². The number of hydrogen-bond acceptors (Lipinski definition) is 4. The Kier molecular flexibility index (Phi) is 4.52. The summed E-state index contributed by atoms with van der Waals surface area (Å²) in [4.78, 5) is 16.5. The van der Waals surface area contributed by atoms with E-state index in [-0.39, 0.29) is 20.1 Å². The molecule has 0 radical (unpaired) electrons. The molecular weight excluding hydrogens is 477 g/mol. The number of alkyl halides is 3. The number of carbonyl (C=O) groups excluding carboxylic acids is 1. The van der Waals surface area contributed by atoms with Crippen molar-refractivity contribution in [1.82, 2.24) is 4.57 Å². The fraction of sp³-hybridized carbons (Fsp3) is 0.0556. The third kappa shape index (κ3) is 3.11. The van der Waals surface area contributed by atoms with Crippen LogP contribution >= 0.6 is 39.5 Å². The lowest BCUT2D eigenvalue weighted by Crippen LogP contribution is -2.22. The van der Waals surface area contributed by atoms with E-state index < -0.39 is 23.5 Å². The standard InChI is InChI=1S/C18H8BrF3N2O2S2/c19-9-4-5-12-11(7-9)13(15(25)23-12)14-16(26)24(17(27)28-14)10-3-1-2-8(6-10)18(20,21)22/h1-7,26H. The van der Waals surface area contributed by atoms with E-state index in [1.807, 2.05) is 0 Å². The minimum atomic E-state index is -4.53. The zero-order chi connectivity index (χ0) is 20.2. The summed E-state index contributed by atoms with van der Waals surface area (Å²) in [7, 11) is 0. The van der Waals surface area contributed by atoms with Crippen LogP contribution in [-0.2, 0) is 11.0 Å². The Morgan fingerprint density at radius 1 is 1.18 bits per heavy atom. The largest absolute Gasteiger partial charge is 0.493 e. The zero-order valence-corrected chi connectivity index (χ0v) is 16.8. The van der Waals surface area contributed by atoms with Crippen LogP contribution in [-0.4, -0.2) is 15.6 Å². The lowest BCUT2D eigenvalue weighted by Gasteiger charge is -2.10. The van der Waals surface area contributed by atoms with Gasteiger partial charge in [0.2, 0.25) is 5.88 Å². The smallest absolute Gasteiger partial charge is 0.416 e. The van der Waals surface area contributed by atoms with Gasteiger partial charge in [0, 0.05) is 9.69 Å². The van der Waals surface area contributed by atoms with Crippen molar-refractivity contribution in [2.75, 3.05) is 0 Å². The third-order valence-electron chi connectivity index (χ3n) is 4.11. The van der Waals surface area contributed by atoms with Gasteiger partial charge in [0.25, 0.3) is 5.91 Å². The molecule has 1 aliphatic heterocycles. The van der Waals surface area contributed by atoms with Crippen molar-refractivity contribution in [2.24, 2.45) is 4.99 Å². The van der Waals surface area contributed by atoms with Crippen molar-refractivity contribution in [3.8, 4) is 11.6 Å². The fourth-order valence-corrected chi connectivity index (χ4v) is 4.63. The van der Waals surface area contributed by atoms with Crippen molar-refractivity contribution in [1.29, 1.82) is 0 Å². The molecule has 1 aromatic heterocycles. The first kappa shape index (κ1) is 19.0. The molecule has 2 aromatic carbocycles. The van der Waals surface area contributed by atoms with Crippen LogP contribution in [0.1, 0.15) is 10.4 Å². The van der Waals surface area contributed by atoms with E-state index in [2.05, 4.69) is 20.9 Å².